The lowest BCUT2D eigenvalue weighted by molar-refractivity contribution is -0.127. The van der Waals surface area contributed by atoms with Crippen LogP contribution in [-0.4, -0.2) is 54.3 Å². The van der Waals surface area contributed by atoms with Crippen molar-refractivity contribution in [3.05, 3.63) is 35.4 Å². The Bertz CT molecular complexity index is 721. The molecule has 2 saturated heterocycles. The largest absolute Gasteiger partial charge is 0.376 e. The molecule has 2 atom stereocenters. The number of ether oxygens (including phenoxy) is 2. The summed E-state index contributed by atoms with van der Waals surface area (Å²) in [5.74, 6) is -0.245. The standard InChI is InChI=1S/C23H32N2O4/c1-2-17-8-10-18(11-9-17)22(27)25-20(16-29-23(25)12-4-3-5-13-23)21(26)24-15-19-7-6-14-28-19/h8-11,19-20H,2-7,12-16H2,1H3,(H,24,26)/t19-,20+/m0/s1. The van der Waals surface area contributed by atoms with Crippen molar-refractivity contribution in [1.82, 2.24) is 10.2 Å². The number of carbonyl (C=O) groups excluding carboxylic acids is 2. The van der Waals surface area contributed by atoms with Crippen molar-refractivity contribution < 1.29 is 19.1 Å². The Hall–Kier alpha value is -1.92. The SMILES string of the molecule is CCc1ccc(C(=O)N2[C@@H](C(=O)NC[C@@H]3CCCO3)COC23CCCCC3)cc1. The minimum atomic E-state index is -0.648. The van der Waals surface area contributed by atoms with Crippen LogP contribution in [0.4, 0.5) is 0 Å². The van der Waals surface area contributed by atoms with Crippen LogP contribution in [-0.2, 0) is 20.7 Å². The molecule has 1 N–H and O–H groups in total. The second-order valence-electron chi connectivity index (χ2n) is 8.44. The summed E-state index contributed by atoms with van der Waals surface area (Å²) in [6.07, 6.45) is 7.78. The molecule has 158 valence electrons. The van der Waals surface area contributed by atoms with Crippen LogP contribution in [0.3, 0.4) is 0 Å². The summed E-state index contributed by atoms with van der Waals surface area (Å²) in [6.45, 7) is 3.61. The first-order valence-corrected chi connectivity index (χ1v) is 11.1. The van der Waals surface area contributed by atoms with Gasteiger partial charge in [-0.1, -0.05) is 25.5 Å². The second-order valence-corrected chi connectivity index (χ2v) is 8.44. The molecule has 4 rings (SSSR count). The molecule has 2 amide bonds. The Morgan fingerprint density at radius 3 is 2.55 bits per heavy atom. The third-order valence-electron chi connectivity index (χ3n) is 6.55. The number of rotatable bonds is 5. The van der Waals surface area contributed by atoms with Gasteiger partial charge in [0.05, 0.1) is 12.7 Å². The summed E-state index contributed by atoms with van der Waals surface area (Å²) in [5.41, 5.74) is 1.16. The molecule has 2 aliphatic heterocycles. The molecule has 1 saturated carbocycles. The van der Waals surface area contributed by atoms with Crippen molar-refractivity contribution in [1.29, 1.82) is 0 Å². The number of nitrogens with one attached hydrogen (secondary N) is 1. The van der Waals surface area contributed by atoms with E-state index in [0.717, 1.165) is 58.0 Å². The highest BCUT2D eigenvalue weighted by molar-refractivity contribution is 5.98. The first kappa shape index (κ1) is 20.4. The molecule has 0 unspecified atom stereocenters. The molecule has 1 aliphatic carbocycles. The van der Waals surface area contributed by atoms with E-state index in [1.807, 2.05) is 24.3 Å². The first-order valence-electron chi connectivity index (χ1n) is 11.1. The summed E-state index contributed by atoms with van der Waals surface area (Å²) in [6, 6.07) is 7.14. The monoisotopic (exact) mass is 400 g/mol. The number of carbonyl (C=O) groups is 2. The van der Waals surface area contributed by atoms with Gasteiger partial charge in [0.15, 0.2) is 0 Å². The van der Waals surface area contributed by atoms with Gasteiger partial charge in [0.1, 0.15) is 11.8 Å². The number of nitrogens with zero attached hydrogens (tertiary/aromatic N) is 1. The normalized spacial score (nSPS) is 26.0. The fourth-order valence-electron chi connectivity index (χ4n) is 4.83. The van der Waals surface area contributed by atoms with Crippen LogP contribution in [0.5, 0.6) is 0 Å². The lowest BCUT2D eigenvalue weighted by Gasteiger charge is -2.41. The van der Waals surface area contributed by atoms with Crippen molar-refractivity contribution in [2.45, 2.75) is 76.2 Å². The Morgan fingerprint density at radius 2 is 1.90 bits per heavy atom. The molecule has 0 radical (unpaired) electrons. The zero-order valence-corrected chi connectivity index (χ0v) is 17.3. The molecular weight excluding hydrogens is 368 g/mol. The van der Waals surface area contributed by atoms with Crippen molar-refractivity contribution >= 4 is 11.8 Å². The maximum Gasteiger partial charge on any atom is 0.256 e. The molecule has 2 heterocycles. The number of amides is 2. The lowest BCUT2D eigenvalue weighted by Crippen LogP contribution is -2.56. The lowest BCUT2D eigenvalue weighted by atomic mass is 9.89. The van der Waals surface area contributed by atoms with E-state index >= 15 is 0 Å². The zero-order chi connectivity index (χ0) is 20.3. The zero-order valence-electron chi connectivity index (χ0n) is 17.3. The summed E-state index contributed by atoms with van der Waals surface area (Å²) in [5, 5.41) is 3.01. The summed E-state index contributed by atoms with van der Waals surface area (Å²) in [4.78, 5) is 28.3. The third-order valence-corrected chi connectivity index (χ3v) is 6.55. The van der Waals surface area contributed by atoms with Gasteiger partial charge in [0.2, 0.25) is 5.91 Å². The van der Waals surface area contributed by atoms with Gasteiger partial charge in [0, 0.05) is 18.7 Å². The molecule has 0 bridgehead atoms. The minimum Gasteiger partial charge on any atom is -0.376 e. The van der Waals surface area contributed by atoms with E-state index in [2.05, 4.69) is 12.2 Å². The van der Waals surface area contributed by atoms with Gasteiger partial charge in [-0.05, 0) is 62.6 Å². The molecule has 1 spiro atoms. The molecule has 6 nitrogen and oxygen atoms in total. The van der Waals surface area contributed by atoms with E-state index in [9.17, 15) is 9.59 Å². The maximum atomic E-state index is 13.5. The number of benzene rings is 1. The van der Waals surface area contributed by atoms with Gasteiger partial charge >= 0.3 is 0 Å². The Kier molecular flexibility index (Phi) is 6.20. The van der Waals surface area contributed by atoms with Crippen LogP contribution in [0.25, 0.3) is 0 Å². The Balaban J connectivity index is 1.54. The van der Waals surface area contributed by atoms with Gasteiger partial charge < -0.3 is 14.8 Å². The highest BCUT2D eigenvalue weighted by atomic mass is 16.5. The molecule has 6 heteroatoms. The minimum absolute atomic E-state index is 0.0793. The van der Waals surface area contributed by atoms with E-state index in [0.29, 0.717) is 12.1 Å². The number of aryl methyl sites for hydroxylation is 1. The summed E-state index contributed by atoms with van der Waals surface area (Å²) < 4.78 is 11.8. The molecule has 29 heavy (non-hydrogen) atoms. The molecule has 1 aromatic rings. The molecular formula is C23H32N2O4. The van der Waals surface area contributed by atoms with Gasteiger partial charge in [-0.25, -0.2) is 0 Å². The number of hydrogen-bond acceptors (Lipinski definition) is 4. The van der Waals surface area contributed by atoms with E-state index in [4.69, 9.17) is 9.47 Å². The smallest absolute Gasteiger partial charge is 0.256 e. The predicted molar refractivity (Wildman–Crippen MR) is 110 cm³/mol. The van der Waals surface area contributed by atoms with Crippen LogP contribution in [0.15, 0.2) is 24.3 Å². The van der Waals surface area contributed by atoms with Gasteiger partial charge in [-0.15, -0.1) is 0 Å². The molecule has 3 aliphatic rings. The predicted octanol–water partition coefficient (Wildman–Crippen LogP) is 3.05. The molecule has 3 fully saturated rings. The van der Waals surface area contributed by atoms with Gasteiger partial charge in [-0.2, -0.15) is 0 Å². The van der Waals surface area contributed by atoms with Crippen molar-refractivity contribution in [3.8, 4) is 0 Å². The number of hydrogen-bond donors (Lipinski definition) is 1. The van der Waals surface area contributed by atoms with Crippen LogP contribution in [0.1, 0.15) is 67.8 Å². The first-order chi connectivity index (χ1) is 14.1. The van der Waals surface area contributed by atoms with E-state index < -0.39 is 11.8 Å². The van der Waals surface area contributed by atoms with Crippen LogP contribution >= 0.6 is 0 Å². The van der Waals surface area contributed by atoms with Gasteiger partial charge in [0.25, 0.3) is 5.91 Å². The highest BCUT2D eigenvalue weighted by Gasteiger charge is 2.52. The van der Waals surface area contributed by atoms with Gasteiger partial charge in [-0.3, -0.25) is 14.5 Å². The van der Waals surface area contributed by atoms with Crippen molar-refractivity contribution in [2.24, 2.45) is 0 Å². The van der Waals surface area contributed by atoms with E-state index in [-0.39, 0.29) is 24.5 Å². The van der Waals surface area contributed by atoms with E-state index in [1.54, 1.807) is 4.90 Å². The molecule has 0 aromatic heterocycles. The summed E-state index contributed by atoms with van der Waals surface area (Å²) in [7, 11) is 0. The van der Waals surface area contributed by atoms with E-state index in [1.165, 1.54) is 5.56 Å². The quantitative estimate of drug-likeness (QED) is 0.825. The third kappa shape index (κ3) is 4.19. The fourth-order valence-corrected chi connectivity index (χ4v) is 4.83. The van der Waals surface area contributed by atoms with Crippen molar-refractivity contribution in [3.63, 3.8) is 0 Å². The fraction of sp³-hybridized carbons (Fsp3) is 0.652. The van der Waals surface area contributed by atoms with Crippen molar-refractivity contribution in [2.75, 3.05) is 19.8 Å². The van der Waals surface area contributed by atoms with Crippen LogP contribution in [0.2, 0.25) is 0 Å². The highest BCUT2D eigenvalue weighted by Crippen LogP contribution is 2.41. The topological polar surface area (TPSA) is 67.9 Å². The second kappa shape index (κ2) is 8.84. The van der Waals surface area contributed by atoms with Crippen LogP contribution < -0.4 is 5.32 Å². The summed E-state index contributed by atoms with van der Waals surface area (Å²) >= 11 is 0. The Labute approximate surface area is 172 Å². The average Bonchev–Trinajstić information content (AvgIpc) is 3.40. The maximum absolute atomic E-state index is 13.5. The average molecular weight is 401 g/mol. The Morgan fingerprint density at radius 1 is 1.14 bits per heavy atom. The molecule has 1 aromatic carbocycles. The van der Waals surface area contributed by atoms with Crippen LogP contribution in [0, 0.1) is 0 Å².